The van der Waals surface area contributed by atoms with E-state index in [0.29, 0.717) is 17.8 Å². The third kappa shape index (κ3) is 3.47. The molecule has 0 aromatic heterocycles. The number of anilines is 1. The first kappa shape index (κ1) is 12.4. The molecule has 1 aliphatic rings. The highest BCUT2D eigenvalue weighted by atomic mass is 16.6. The fourth-order valence-corrected chi connectivity index (χ4v) is 1.89. The monoisotopic (exact) mass is 245 g/mol. The third-order valence-electron chi connectivity index (χ3n) is 2.76. The van der Waals surface area contributed by atoms with Crippen LogP contribution in [0.15, 0.2) is 24.3 Å². The first-order valence-corrected chi connectivity index (χ1v) is 5.96. The maximum Gasteiger partial charge on any atom is 0.411 e. The largest absolute Gasteiger partial charge is 0.445 e. The Labute approximate surface area is 106 Å². The average Bonchev–Trinajstić information content (AvgIpc) is 2.40. The molecular formula is C13H15N3O2. The van der Waals surface area contributed by atoms with E-state index in [-0.39, 0.29) is 6.10 Å². The minimum atomic E-state index is -0.473. The number of nitrogens with one attached hydrogen (secondary N) is 2. The zero-order chi connectivity index (χ0) is 12.8. The second-order valence-corrected chi connectivity index (χ2v) is 4.19. The lowest BCUT2D eigenvalue weighted by Gasteiger charge is -2.22. The summed E-state index contributed by atoms with van der Waals surface area (Å²) in [5.41, 5.74) is 1.08. The predicted octanol–water partition coefficient (Wildman–Crippen LogP) is 1.86. The van der Waals surface area contributed by atoms with Crippen LogP contribution < -0.4 is 10.6 Å². The van der Waals surface area contributed by atoms with Crippen molar-refractivity contribution in [2.45, 2.75) is 18.9 Å². The van der Waals surface area contributed by atoms with Crippen molar-refractivity contribution < 1.29 is 9.53 Å². The van der Waals surface area contributed by atoms with Gasteiger partial charge in [-0.2, -0.15) is 5.26 Å². The van der Waals surface area contributed by atoms with Gasteiger partial charge in [0.25, 0.3) is 0 Å². The standard InChI is InChI=1S/C13H15N3O2/c14-8-10-3-1-4-11(7-10)16-13(17)18-12-5-2-6-15-9-12/h1,3-4,7,12,15H,2,5-6,9H2,(H,16,17)/t12-/m0/s1. The van der Waals surface area contributed by atoms with Crippen LogP contribution in [0, 0.1) is 11.3 Å². The van der Waals surface area contributed by atoms with Crippen molar-refractivity contribution in [1.82, 2.24) is 5.32 Å². The van der Waals surface area contributed by atoms with E-state index >= 15 is 0 Å². The molecule has 1 amide bonds. The molecule has 5 nitrogen and oxygen atoms in total. The van der Waals surface area contributed by atoms with Gasteiger partial charge in [-0.1, -0.05) is 6.07 Å². The normalized spacial score (nSPS) is 18.7. The number of nitriles is 1. The molecule has 0 bridgehead atoms. The Hall–Kier alpha value is -2.06. The Morgan fingerprint density at radius 2 is 2.44 bits per heavy atom. The quantitative estimate of drug-likeness (QED) is 0.834. The van der Waals surface area contributed by atoms with Crippen molar-refractivity contribution in [3.63, 3.8) is 0 Å². The number of rotatable bonds is 2. The Bertz CT molecular complexity index is 462. The molecule has 1 atom stereocenters. The molecule has 0 unspecified atom stereocenters. The van der Waals surface area contributed by atoms with Gasteiger partial charge in [0, 0.05) is 12.2 Å². The van der Waals surface area contributed by atoms with Crippen LogP contribution in [-0.4, -0.2) is 25.3 Å². The minimum Gasteiger partial charge on any atom is -0.445 e. The summed E-state index contributed by atoms with van der Waals surface area (Å²) in [4.78, 5) is 11.6. The molecule has 0 spiro atoms. The molecular weight excluding hydrogens is 230 g/mol. The topological polar surface area (TPSA) is 74.2 Å². The molecule has 2 N–H and O–H groups in total. The molecule has 0 radical (unpaired) electrons. The number of carbonyl (C=O) groups is 1. The van der Waals surface area contributed by atoms with Crippen LogP contribution in [0.1, 0.15) is 18.4 Å². The van der Waals surface area contributed by atoms with Gasteiger partial charge in [0.1, 0.15) is 6.10 Å². The molecule has 94 valence electrons. The summed E-state index contributed by atoms with van der Waals surface area (Å²) in [5, 5.41) is 14.6. The Balaban J connectivity index is 1.88. The number of benzene rings is 1. The van der Waals surface area contributed by atoms with Gasteiger partial charge in [-0.25, -0.2) is 4.79 Å². The van der Waals surface area contributed by atoms with Gasteiger partial charge in [-0.15, -0.1) is 0 Å². The fourth-order valence-electron chi connectivity index (χ4n) is 1.89. The van der Waals surface area contributed by atoms with Crippen molar-refractivity contribution in [3.8, 4) is 6.07 Å². The molecule has 1 heterocycles. The van der Waals surface area contributed by atoms with E-state index in [1.54, 1.807) is 24.3 Å². The number of hydrogen-bond donors (Lipinski definition) is 2. The summed E-state index contributed by atoms with van der Waals surface area (Å²) >= 11 is 0. The number of hydrogen-bond acceptors (Lipinski definition) is 4. The predicted molar refractivity (Wildman–Crippen MR) is 67.2 cm³/mol. The maximum atomic E-state index is 11.6. The molecule has 5 heteroatoms. The zero-order valence-corrected chi connectivity index (χ0v) is 9.98. The lowest BCUT2D eigenvalue weighted by molar-refractivity contribution is 0.0941. The van der Waals surface area contributed by atoms with E-state index in [1.807, 2.05) is 6.07 Å². The average molecular weight is 245 g/mol. The number of piperidine rings is 1. The second-order valence-electron chi connectivity index (χ2n) is 4.19. The highest BCUT2D eigenvalue weighted by Gasteiger charge is 2.17. The Morgan fingerprint density at radius 3 is 3.17 bits per heavy atom. The van der Waals surface area contributed by atoms with Gasteiger partial charge >= 0.3 is 6.09 Å². The van der Waals surface area contributed by atoms with E-state index in [4.69, 9.17) is 10.00 Å². The number of ether oxygens (including phenoxy) is 1. The third-order valence-corrected chi connectivity index (χ3v) is 2.76. The number of carbonyl (C=O) groups excluding carboxylic acids is 1. The molecule has 1 saturated heterocycles. The molecule has 1 aromatic carbocycles. The molecule has 18 heavy (non-hydrogen) atoms. The second kappa shape index (κ2) is 6.03. The minimum absolute atomic E-state index is 0.0714. The number of nitrogens with zero attached hydrogens (tertiary/aromatic N) is 1. The molecule has 1 aliphatic heterocycles. The molecule has 1 fully saturated rings. The van der Waals surface area contributed by atoms with Crippen molar-refractivity contribution in [3.05, 3.63) is 29.8 Å². The van der Waals surface area contributed by atoms with Gasteiger partial charge in [-0.3, -0.25) is 5.32 Å². The van der Waals surface area contributed by atoms with Gasteiger partial charge in [-0.05, 0) is 37.6 Å². The fraction of sp³-hybridized carbons (Fsp3) is 0.385. The van der Waals surface area contributed by atoms with Gasteiger partial charge in [0.15, 0.2) is 0 Å². The van der Waals surface area contributed by atoms with Crippen LogP contribution in [0.3, 0.4) is 0 Å². The van der Waals surface area contributed by atoms with Gasteiger partial charge < -0.3 is 10.1 Å². The molecule has 0 aliphatic carbocycles. The summed E-state index contributed by atoms with van der Waals surface area (Å²) in [6, 6.07) is 8.76. The van der Waals surface area contributed by atoms with Crippen LogP contribution in [0.5, 0.6) is 0 Å². The molecule has 2 rings (SSSR count). The summed E-state index contributed by atoms with van der Waals surface area (Å²) in [6.07, 6.45) is 1.36. The van der Waals surface area contributed by atoms with E-state index in [2.05, 4.69) is 10.6 Å². The Kier molecular flexibility index (Phi) is 4.15. The summed E-state index contributed by atoms with van der Waals surface area (Å²) in [7, 11) is 0. The highest BCUT2D eigenvalue weighted by Crippen LogP contribution is 2.12. The van der Waals surface area contributed by atoms with Gasteiger partial charge in [0.2, 0.25) is 0 Å². The first-order chi connectivity index (χ1) is 8.78. The zero-order valence-electron chi connectivity index (χ0n) is 9.98. The van der Waals surface area contributed by atoms with E-state index in [1.165, 1.54) is 0 Å². The van der Waals surface area contributed by atoms with E-state index in [0.717, 1.165) is 19.4 Å². The van der Waals surface area contributed by atoms with Crippen molar-refractivity contribution in [2.75, 3.05) is 18.4 Å². The SMILES string of the molecule is N#Cc1cccc(NC(=O)O[C@H]2CCCNC2)c1. The van der Waals surface area contributed by atoms with E-state index in [9.17, 15) is 4.79 Å². The number of amides is 1. The lowest BCUT2D eigenvalue weighted by Crippen LogP contribution is -2.37. The molecule has 0 saturated carbocycles. The van der Waals surface area contributed by atoms with E-state index < -0.39 is 6.09 Å². The summed E-state index contributed by atoms with van der Waals surface area (Å²) in [5.74, 6) is 0. The van der Waals surface area contributed by atoms with Gasteiger partial charge in [0.05, 0.1) is 11.6 Å². The first-order valence-electron chi connectivity index (χ1n) is 5.96. The van der Waals surface area contributed by atoms with Crippen LogP contribution in [0.2, 0.25) is 0 Å². The Morgan fingerprint density at radius 1 is 1.56 bits per heavy atom. The summed E-state index contributed by atoms with van der Waals surface area (Å²) < 4.78 is 5.27. The lowest BCUT2D eigenvalue weighted by atomic mass is 10.1. The van der Waals surface area contributed by atoms with Crippen LogP contribution >= 0.6 is 0 Å². The summed E-state index contributed by atoms with van der Waals surface area (Å²) in [6.45, 7) is 1.68. The van der Waals surface area contributed by atoms with Crippen LogP contribution in [0.4, 0.5) is 10.5 Å². The van der Waals surface area contributed by atoms with Crippen molar-refractivity contribution in [1.29, 1.82) is 5.26 Å². The van der Waals surface area contributed by atoms with Crippen molar-refractivity contribution in [2.24, 2.45) is 0 Å². The maximum absolute atomic E-state index is 11.6. The van der Waals surface area contributed by atoms with Crippen LogP contribution in [0.25, 0.3) is 0 Å². The van der Waals surface area contributed by atoms with Crippen LogP contribution in [-0.2, 0) is 4.74 Å². The highest BCUT2D eigenvalue weighted by molar-refractivity contribution is 5.84. The smallest absolute Gasteiger partial charge is 0.411 e. The molecule has 1 aromatic rings. The van der Waals surface area contributed by atoms with Crippen molar-refractivity contribution >= 4 is 11.8 Å².